The summed E-state index contributed by atoms with van der Waals surface area (Å²) in [6.07, 6.45) is 2.47. The fourth-order valence-corrected chi connectivity index (χ4v) is 2.73. The van der Waals surface area contributed by atoms with Crippen LogP contribution in [0.3, 0.4) is 0 Å². The van der Waals surface area contributed by atoms with Crippen molar-refractivity contribution in [3.63, 3.8) is 0 Å². The Morgan fingerprint density at radius 2 is 2.50 bits per heavy atom. The first-order valence-electron chi connectivity index (χ1n) is 6.20. The van der Waals surface area contributed by atoms with Crippen molar-refractivity contribution in [3.8, 4) is 0 Å². The van der Waals surface area contributed by atoms with Crippen LogP contribution in [0.2, 0.25) is 0 Å². The van der Waals surface area contributed by atoms with Gasteiger partial charge in [-0.05, 0) is 26.7 Å². The average molecular weight is 270 g/mol. The van der Waals surface area contributed by atoms with E-state index in [1.165, 1.54) is 11.3 Å². The second kappa shape index (κ2) is 6.15. The standard InChI is InChI=1S/C12H18N2O3S/c1-3-16-11(15)10-8(2)14-12(18-10)13-7-9-5-4-6-17-9/h9H,3-7H2,1-2H3,(H,13,14)/t9-/m0/s1. The van der Waals surface area contributed by atoms with E-state index in [2.05, 4.69) is 10.3 Å². The molecule has 1 aromatic rings. The SMILES string of the molecule is CCOC(=O)c1sc(NC[C@@H]2CCCO2)nc1C. The molecule has 18 heavy (non-hydrogen) atoms. The van der Waals surface area contributed by atoms with Crippen molar-refractivity contribution in [2.24, 2.45) is 0 Å². The molecular formula is C12H18N2O3S. The molecular weight excluding hydrogens is 252 g/mol. The number of esters is 1. The second-order valence-electron chi connectivity index (χ2n) is 4.17. The molecule has 2 rings (SSSR count). The van der Waals surface area contributed by atoms with Crippen LogP contribution in [0.5, 0.6) is 0 Å². The number of thiazole rings is 1. The minimum Gasteiger partial charge on any atom is -0.462 e. The minimum atomic E-state index is -0.294. The molecule has 100 valence electrons. The van der Waals surface area contributed by atoms with Crippen molar-refractivity contribution in [2.45, 2.75) is 32.8 Å². The average Bonchev–Trinajstić information content (AvgIpc) is 2.96. The van der Waals surface area contributed by atoms with Crippen molar-refractivity contribution in [3.05, 3.63) is 10.6 Å². The first kappa shape index (κ1) is 13.3. The number of hydrogen-bond acceptors (Lipinski definition) is 6. The van der Waals surface area contributed by atoms with Crippen LogP contribution < -0.4 is 5.32 Å². The largest absolute Gasteiger partial charge is 0.462 e. The molecule has 0 unspecified atom stereocenters. The number of carbonyl (C=O) groups excluding carboxylic acids is 1. The summed E-state index contributed by atoms with van der Waals surface area (Å²) in [4.78, 5) is 16.5. The molecule has 2 heterocycles. The monoisotopic (exact) mass is 270 g/mol. The third-order valence-electron chi connectivity index (χ3n) is 2.76. The highest BCUT2D eigenvalue weighted by Crippen LogP contribution is 2.24. The number of carbonyl (C=O) groups is 1. The Labute approximate surface area is 111 Å². The highest BCUT2D eigenvalue weighted by Gasteiger charge is 2.18. The smallest absolute Gasteiger partial charge is 0.350 e. The summed E-state index contributed by atoms with van der Waals surface area (Å²) in [5.41, 5.74) is 0.716. The van der Waals surface area contributed by atoms with Gasteiger partial charge in [0.15, 0.2) is 5.13 Å². The molecule has 0 aromatic carbocycles. The number of ether oxygens (including phenoxy) is 2. The Bertz CT molecular complexity index is 413. The van der Waals surface area contributed by atoms with Gasteiger partial charge in [-0.3, -0.25) is 0 Å². The van der Waals surface area contributed by atoms with E-state index >= 15 is 0 Å². The van der Waals surface area contributed by atoms with Crippen LogP contribution in [0.4, 0.5) is 5.13 Å². The third kappa shape index (κ3) is 3.20. The lowest BCUT2D eigenvalue weighted by molar-refractivity contribution is 0.0531. The van der Waals surface area contributed by atoms with E-state index in [1.807, 2.05) is 6.92 Å². The van der Waals surface area contributed by atoms with Gasteiger partial charge in [0.1, 0.15) is 4.88 Å². The fourth-order valence-electron chi connectivity index (χ4n) is 1.86. The number of hydrogen-bond donors (Lipinski definition) is 1. The summed E-state index contributed by atoms with van der Waals surface area (Å²) in [5, 5.41) is 3.98. The Kier molecular flexibility index (Phi) is 4.54. The van der Waals surface area contributed by atoms with E-state index < -0.39 is 0 Å². The van der Waals surface area contributed by atoms with Crippen LogP contribution in [0.15, 0.2) is 0 Å². The van der Waals surface area contributed by atoms with E-state index in [-0.39, 0.29) is 12.1 Å². The quantitative estimate of drug-likeness (QED) is 0.831. The van der Waals surface area contributed by atoms with E-state index in [9.17, 15) is 4.79 Å². The zero-order valence-electron chi connectivity index (χ0n) is 10.7. The lowest BCUT2D eigenvalue weighted by Gasteiger charge is -2.08. The maximum Gasteiger partial charge on any atom is 0.350 e. The first-order chi connectivity index (χ1) is 8.70. The second-order valence-corrected chi connectivity index (χ2v) is 5.17. The molecule has 1 aromatic heterocycles. The Balaban J connectivity index is 1.93. The zero-order chi connectivity index (χ0) is 13.0. The molecule has 0 spiro atoms. The number of anilines is 1. The van der Waals surface area contributed by atoms with Crippen LogP contribution in [-0.4, -0.2) is 36.8 Å². The molecule has 0 amide bonds. The fraction of sp³-hybridized carbons (Fsp3) is 0.667. The topological polar surface area (TPSA) is 60.5 Å². The van der Waals surface area contributed by atoms with Crippen LogP contribution >= 0.6 is 11.3 Å². The highest BCUT2D eigenvalue weighted by atomic mass is 32.1. The zero-order valence-corrected chi connectivity index (χ0v) is 11.5. The lowest BCUT2D eigenvalue weighted by Crippen LogP contribution is -2.18. The number of aromatic nitrogens is 1. The lowest BCUT2D eigenvalue weighted by atomic mass is 10.2. The van der Waals surface area contributed by atoms with Crippen molar-refractivity contribution < 1.29 is 14.3 Å². The van der Waals surface area contributed by atoms with Gasteiger partial charge in [-0.15, -0.1) is 0 Å². The van der Waals surface area contributed by atoms with Gasteiger partial charge in [-0.1, -0.05) is 11.3 Å². The van der Waals surface area contributed by atoms with Crippen molar-refractivity contribution in [1.29, 1.82) is 0 Å². The summed E-state index contributed by atoms with van der Waals surface area (Å²) >= 11 is 1.34. The van der Waals surface area contributed by atoms with Gasteiger partial charge in [0, 0.05) is 13.2 Å². The van der Waals surface area contributed by atoms with Gasteiger partial charge in [0.2, 0.25) is 0 Å². The summed E-state index contributed by atoms with van der Waals surface area (Å²) in [5.74, 6) is -0.294. The molecule has 6 heteroatoms. The van der Waals surface area contributed by atoms with Crippen molar-refractivity contribution in [2.75, 3.05) is 25.1 Å². The summed E-state index contributed by atoms with van der Waals surface area (Å²) in [6.45, 7) is 5.59. The third-order valence-corrected chi connectivity index (χ3v) is 3.86. The molecule has 5 nitrogen and oxygen atoms in total. The van der Waals surface area contributed by atoms with Crippen LogP contribution in [0, 0.1) is 6.92 Å². The number of rotatable bonds is 5. The molecule has 1 N–H and O–H groups in total. The van der Waals surface area contributed by atoms with E-state index in [0.717, 1.165) is 31.1 Å². The van der Waals surface area contributed by atoms with E-state index in [0.29, 0.717) is 17.2 Å². The number of aryl methyl sites for hydroxylation is 1. The van der Waals surface area contributed by atoms with Gasteiger partial charge in [-0.2, -0.15) is 0 Å². The molecule has 1 aliphatic heterocycles. The molecule has 1 fully saturated rings. The number of nitrogens with zero attached hydrogens (tertiary/aromatic N) is 1. The van der Waals surface area contributed by atoms with Gasteiger partial charge in [0.05, 0.1) is 18.4 Å². The van der Waals surface area contributed by atoms with Crippen molar-refractivity contribution in [1.82, 2.24) is 4.98 Å². The first-order valence-corrected chi connectivity index (χ1v) is 7.02. The molecule has 1 aliphatic rings. The van der Waals surface area contributed by atoms with Gasteiger partial charge >= 0.3 is 5.97 Å². The Morgan fingerprint density at radius 3 is 3.17 bits per heavy atom. The van der Waals surface area contributed by atoms with Gasteiger partial charge in [-0.25, -0.2) is 9.78 Å². The Hall–Kier alpha value is -1.14. The van der Waals surface area contributed by atoms with E-state index in [4.69, 9.17) is 9.47 Å². The minimum absolute atomic E-state index is 0.264. The summed E-state index contributed by atoms with van der Waals surface area (Å²) in [7, 11) is 0. The molecule has 1 atom stereocenters. The highest BCUT2D eigenvalue weighted by molar-refractivity contribution is 7.17. The molecule has 0 radical (unpaired) electrons. The van der Waals surface area contributed by atoms with E-state index in [1.54, 1.807) is 6.92 Å². The molecule has 0 bridgehead atoms. The number of nitrogens with one attached hydrogen (secondary N) is 1. The van der Waals surface area contributed by atoms with Crippen LogP contribution in [0.1, 0.15) is 35.1 Å². The predicted octanol–water partition coefficient (Wildman–Crippen LogP) is 2.22. The molecule has 0 saturated carbocycles. The normalized spacial score (nSPS) is 18.9. The van der Waals surface area contributed by atoms with Crippen molar-refractivity contribution >= 4 is 22.4 Å². The molecule has 0 aliphatic carbocycles. The maximum absolute atomic E-state index is 11.6. The molecule has 1 saturated heterocycles. The summed E-state index contributed by atoms with van der Waals surface area (Å²) < 4.78 is 10.5. The maximum atomic E-state index is 11.6. The Morgan fingerprint density at radius 1 is 1.67 bits per heavy atom. The van der Waals surface area contributed by atoms with Gasteiger partial charge < -0.3 is 14.8 Å². The predicted molar refractivity (Wildman–Crippen MR) is 70.3 cm³/mol. The van der Waals surface area contributed by atoms with Crippen LogP contribution in [0.25, 0.3) is 0 Å². The summed E-state index contributed by atoms with van der Waals surface area (Å²) in [6, 6.07) is 0. The van der Waals surface area contributed by atoms with Crippen LogP contribution in [-0.2, 0) is 9.47 Å². The van der Waals surface area contributed by atoms with Gasteiger partial charge in [0.25, 0.3) is 0 Å².